The molecule has 1 aliphatic carbocycles. The van der Waals surface area contributed by atoms with Crippen LogP contribution in [0.15, 0.2) is 65.7 Å². The number of hydrogen-bond donors (Lipinski definition) is 2. The first kappa shape index (κ1) is 19.9. The molecule has 0 atom stereocenters. The van der Waals surface area contributed by atoms with Gasteiger partial charge in [-0.1, -0.05) is 18.2 Å². The van der Waals surface area contributed by atoms with Crippen molar-refractivity contribution >= 4 is 27.6 Å². The standard InChI is InChI=1S/C26H25N5O2/c1-26(32)8-5-18(6-9-26)31-15-17(13-30-31)22-14-29-25(27)24-21(22)11-23(33-24)20-4-2-3-16-12-28-10-7-19(16)20/h2-4,7,10-15,18,32H,5-6,8-9H2,1H3,(H2,27,29). The minimum atomic E-state index is -0.565. The van der Waals surface area contributed by atoms with Crippen molar-refractivity contribution in [1.82, 2.24) is 19.7 Å². The van der Waals surface area contributed by atoms with Crippen molar-refractivity contribution in [1.29, 1.82) is 0 Å². The van der Waals surface area contributed by atoms with Crippen LogP contribution >= 0.6 is 0 Å². The summed E-state index contributed by atoms with van der Waals surface area (Å²) in [5.41, 5.74) is 9.10. The molecule has 6 rings (SSSR count). The average molecular weight is 440 g/mol. The number of aliphatic hydroxyl groups is 1. The minimum absolute atomic E-state index is 0.292. The molecule has 4 aromatic heterocycles. The normalized spacial score (nSPS) is 21.1. The van der Waals surface area contributed by atoms with E-state index >= 15 is 0 Å². The Balaban J connectivity index is 1.42. The Morgan fingerprint density at radius 1 is 1.09 bits per heavy atom. The first-order valence-corrected chi connectivity index (χ1v) is 11.3. The van der Waals surface area contributed by atoms with E-state index in [9.17, 15) is 5.11 Å². The van der Waals surface area contributed by atoms with Crippen LogP contribution in [0.4, 0.5) is 5.82 Å². The van der Waals surface area contributed by atoms with E-state index in [1.165, 1.54) is 0 Å². The van der Waals surface area contributed by atoms with Gasteiger partial charge in [-0.25, -0.2) is 4.98 Å². The van der Waals surface area contributed by atoms with E-state index in [-0.39, 0.29) is 0 Å². The molecule has 0 unspecified atom stereocenters. The molecule has 0 saturated heterocycles. The summed E-state index contributed by atoms with van der Waals surface area (Å²) < 4.78 is 8.26. The second-order valence-electron chi connectivity index (χ2n) is 9.25. The molecule has 3 N–H and O–H groups in total. The molecule has 1 aromatic carbocycles. The van der Waals surface area contributed by atoms with E-state index in [2.05, 4.69) is 21.3 Å². The molecule has 0 bridgehead atoms. The lowest BCUT2D eigenvalue weighted by Gasteiger charge is -2.33. The molecule has 4 heterocycles. The van der Waals surface area contributed by atoms with Crippen molar-refractivity contribution in [2.45, 2.75) is 44.2 Å². The first-order valence-electron chi connectivity index (χ1n) is 11.3. The fourth-order valence-electron chi connectivity index (χ4n) is 4.91. The Morgan fingerprint density at radius 2 is 1.94 bits per heavy atom. The SMILES string of the molecule is CC1(O)CCC(n2cc(-c3cnc(N)c4oc(-c5cccc6cnccc56)cc34)cn2)CC1. The zero-order valence-corrected chi connectivity index (χ0v) is 18.4. The smallest absolute Gasteiger partial charge is 0.177 e. The lowest BCUT2D eigenvalue weighted by molar-refractivity contribution is 0.00852. The maximum Gasteiger partial charge on any atom is 0.177 e. The molecular weight excluding hydrogens is 414 g/mol. The van der Waals surface area contributed by atoms with Gasteiger partial charge >= 0.3 is 0 Å². The molecule has 7 heteroatoms. The van der Waals surface area contributed by atoms with Gasteiger partial charge in [0.1, 0.15) is 5.76 Å². The highest BCUT2D eigenvalue weighted by molar-refractivity contribution is 6.03. The summed E-state index contributed by atoms with van der Waals surface area (Å²) in [7, 11) is 0. The van der Waals surface area contributed by atoms with Crippen LogP contribution in [0, 0.1) is 0 Å². The van der Waals surface area contributed by atoms with Gasteiger partial charge in [0.2, 0.25) is 0 Å². The lowest BCUT2D eigenvalue weighted by Crippen LogP contribution is -2.31. The van der Waals surface area contributed by atoms with E-state index in [1.54, 1.807) is 12.4 Å². The Hall–Kier alpha value is -3.71. The van der Waals surface area contributed by atoms with Gasteiger partial charge in [0.05, 0.1) is 17.8 Å². The molecule has 1 aliphatic rings. The van der Waals surface area contributed by atoms with Crippen molar-refractivity contribution in [3.8, 4) is 22.5 Å². The molecule has 7 nitrogen and oxygen atoms in total. The highest BCUT2D eigenvalue weighted by atomic mass is 16.3. The molecule has 0 aliphatic heterocycles. The summed E-state index contributed by atoms with van der Waals surface area (Å²) in [6.07, 6.45) is 12.7. The van der Waals surface area contributed by atoms with Gasteiger partial charge in [-0.3, -0.25) is 9.67 Å². The van der Waals surface area contributed by atoms with Crippen LogP contribution < -0.4 is 5.73 Å². The molecule has 1 saturated carbocycles. The number of furan rings is 1. The van der Waals surface area contributed by atoms with Gasteiger partial charge in [-0.2, -0.15) is 5.10 Å². The highest BCUT2D eigenvalue weighted by Gasteiger charge is 2.30. The summed E-state index contributed by atoms with van der Waals surface area (Å²) in [4.78, 5) is 8.62. The van der Waals surface area contributed by atoms with Gasteiger partial charge < -0.3 is 15.3 Å². The van der Waals surface area contributed by atoms with E-state index in [0.29, 0.717) is 17.4 Å². The predicted molar refractivity (Wildman–Crippen MR) is 129 cm³/mol. The summed E-state index contributed by atoms with van der Waals surface area (Å²) in [6, 6.07) is 10.4. The fourth-order valence-corrected chi connectivity index (χ4v) is 4.91. The topological polar surface area (TPSA) is 103 Å². The van der Waals surface area contributed by atoms with E-state index in [0.717, 1.165) is 64.3 Å². The Bertz CT molecular complexity index is 1470. The van der Waals surface area contributed by atoms with Gasteiger partial charge in [0.25, 0.3) is 0 Å². The summed E-state index contributed by atoms with van der Waals surface area (Å²) in [5, 5.41) is 17.9. The predicted octanol–water partition coefficient (Wildman–Crippen LogP) is 5.35. The van der Waals surface area contributed by atoms with Crippen LogP contribution in [0.2, 0.25) is 0 Å². The van der Waals surface area contributed by atoms with E-state index < -0.39 is 5.60 Å². The number of aromatic nitrogens is 4. The molecule has 0 amide bonds. The van der Waals surface area contributed by atoms with Crippen molar-refractivity contribution in [2.24, 2.45) is 0 Å². The maximum atomic E-state index is 10.3. The number of rotatable bonds is 3. The van der Waals surface area contributed by atoms with Gasteiger partial charge in [-0.15, -0.1) is 0 Å². The maximum absolute atomic E-state index is 10.3. The van der Waals surface area contributed by atoms with Gasteiger partial charge in [0, 0.05) is 52.3 Å². The van der Waals surface area contributed by atoms with Crippen LogP contribution in [0.1, 0.15) is 38.6 Å². The molecule has 1 fully saturated rings. The Kier molecular flexibility index (Phi) is 4.48. The summed E-state index contributed by atoms with van der Waals surface area (Å²) >= 11 is 0. The lowest BCUT2D eigenvalue weighted by atomic mass is 9.84. The first-order chi connectivity index (χ1) is 16.0. The molecule has 5 aromatic rings. The minimum Gasteiger partial charge on any atom is -0.452 e. The van der Waals surface area contributed by atoms with Crippen LogP contribution in [0.5, 0.6) is 0 Å². The molecule has 0 spiro atoms. The number of nitrogen functional groups attached to an aromatic ring is 1. The molecule has 33 heavy (non-hydrogen) atoms. The Morgan fingerprint density at radius 3 is 2.79 bits per heavy atom. The Labute approximate surface area is 190 Å². The molecule has 0 radical (unpaired) electrons. The fraction of sp³-hybridized carbons (Fsp3) is 0.269. The second-order valence-corrected chi connectivity index (χ2v) is 9.25. The van der Waals surface area contributed by atoms with Crippen molar-refractivity contribution in [2.75, 3.05) is 5.73 Å². The zero-order chi connectivity index (χ0) is 22.6. The van der Waals surface area contributed by atoms with Gasteiger partial charge in [0.15, 0.2) is 11.4 Å². The monoisotopic (exact) mass is 439 g/mol. The number of anilines is 1. The molecule has 166 valence electrons. The number of nitrogens with two attached hydrogens (primary N) is 1. The number of nitrogens with zero attached hydrogens (tertiary/aromatic N) is 4. The largest absolute Gasteiger partial charge is 0.452 e. The summed E-state index contributed by atoms with van der Waals surface area (Å²) in [6.45, 7) is 1.91. The number of benzene rings is 1. The second kappa shape index (κ2) is 7.42. The zero-order valence-electron chi connectivity index (χ0n) is 18.4. The van der Waals surface area contributed by atoms with Crippen LogP contribution in [0.3, 0.4) is 0 Å². The van der Waals surface area contributed by atoms with Crippen molar-refractivity contribution in [3.05, 3.63) is 61.3 Å². The van der Waals surface area contributed by atoms with Crippen molar-refractivity contribution < 1.29 is 9.52 Å². The number of fused-ring (bicyclic) bond motifs is 2. The quantitative estimate of drug-likeness (QED) is 0.393. The third-order valence-corrected chi connectivity index (χ3v) is 6.85. The van der Waals surface area contributed by atoms with Crippen LogP contribution in [-0.2, 0) is 0 Å². The average Bonchev–Trinajstić information content (AvgIpc) is 3.48. The van der Waals surface area contributed by atoms with Crippen molar-refractivity contribution in [3.63, 3.8) is 0 Å². The molecular formula is C26H25N5O2. The van der Waals surface area contributed by atoms with Crippen LogP contribution in [-0.4, -0.2) is 30.5 Å². The van der Waals surface area contributed by atoms with Crippen LogP contribution in [0.25, 0.3) is 44.2 Å². The third-order valence-electron chi connectivity index (χ3n) is 6.85. The third kappa shape index (κ3) is 3.45. The van der Waals surface area contributed by atoms with Gasteiger partial charge in [-0.05, 0) is 50.1 Å². The van der Waals surface area contributed by atoms with E-state index in [1.807, 2.05) is 54.3 Å². The van der Waals surface area contributed by atoms with E-state index in [4.69, 9.17) is 10.2 Å². The summed E-state index contributed by atoms with van der Waals surface area (Å²) in [5.74, 6) is 1.11. The highest BCUT2D eigenvalue weighted by Crippen LogP contribution is 2.39. The number of hydrogen-bond acceptors (Lipinski definition) is 6. The number of pyridine rings is 2.